The van der Waals surface area contributed by atoms with Crippen LogP contribution in [0.15, 0.2) is 23.2 Å². The summed E-state index contributed by atoms with van der Waals surface area (Å²) >= 11 is 0. The number of aliphatic imine (C=N–C) groups is 1. The molecule has 0 aromatic heterocycles. The van der Waals surface area contributed by atoms with Gasteiger partial charge in [-0.05, 0) is 37.0 Å². The van der Waals surface area contributed by atoms with Crippen LogP contribution in [0.2, 0.25) is 0 Å². The first-order valence-electron chi connectivity index (χ1n) is 5.54. The molecule has 1 fully saturated rings. The van der Waals surface area contributed by atoms with E-state index < -0.39 is 5.54 Å². The number of nitrogens with zero attached hydrogens (tertiary/aromatic N) is 1. The molecule has 0 atom stereocenters. The Morgan fingerprint density at radius 2 is 2.06 bits per heavy atom. The molecule has 0 amide bonds. The van der Waals surface area contributed by atoms with Gasteiger partial charge in [0, 0.05) is 0 Å². The van der Waals surface area contributed by atoms with Gasteiger partial charge in [0.2, 0.25) is 6.08 Å². The minimum absolute atomic E-state index is 0.232. The number of carbonyl (C=O) groups excluding carboxylic acids is 1. The van der Waals surface area contributed by atoms with E-state index in [1.54, 1.807) is 19.1 Å². The molecule has 1 saturated carbocycles. The van der Waals surface area contributed by atoms with Crippen LogP contribution in [-0.2, 0) is 10.3 Å². The van der Waals surface area contributed by atoms with Crippen molar-refractivity contribution in [1.82, 2.24) is 0 Å². The van der Waals surface area contributed by atoms with Gasteiger partial charge >= 0.3 is 0 Å². The Balaban J connectivity index is 2.47. The Bertz CT molecular complexity index is 443. The summed E-state index contributed by atoms with van der Waals surface area (Å²) in [6.45, 7) is 1.73. The molecule has 3 heteroatoms. The molecule has 0 unspecified atom stereocenters. The van der Waals surface area contributed by atoms with Crippen LogP contribution in [-0.4, -0.2) is 6.08 Å². The first-order chi connectivity index (χ1) is 7.68. The van der Waals surface area contributed by atoms with Crippen molar-refractivity contribution >= 4 is 6.08 Å². The lowest BCUT2D eigenvalue weighted by molar-refractivity contribution is 0.452. The van der Waals surface area contributed by atoms with Crippen molar-refractivity contribution in [3.8, 4) is 0 Å². The highest BCUT2D eigenvalue weighted by Gasteiger charge is 2.35. The number of benzene rings is 1. The third-order valence-corrected chi connectivity index (χ3v) is 3.40. The Morgan fingerprint density at radius 3 is 2.62 bits per heavy atom. The van der Waals surface area contributed by atoms with Gasteiger partial charge in [-0.15, -0.1) is 0 Å². The van der Waals surface area contributed by atoms with Crippen molar-refractivity contribution in [3.63, 3.8) is 0 Å². The summed E-state index contributed by atoms with van der Waals surface area (Å²) in [7, 11) is 0. The minimum Gasteiger partial charge on any atom is -0.211 e. The molecule has 1 aliphatic carbocycles. The van der Waals surface area contributed by atoms with Crippen molar-refractivity contribution < 1.29 is 9.18 Å². The second-order valence-electron chi connectivity index (χ2n) is 4.41. The first kappa shape index (κ1) is 11.0. The maximum atomic E-state index is 13.5. The fourth-order valence-corrected chi connectivity index (χ4v) is 2.39. The van der Waals surface area contributed by atoms with E-state index in [0.29, 0.717) is 5.56 Å². The van der Waals surface area contributed by atoms with Crippen LogP contribution < -0.4 is 0 Å². The van der Waals surface area contributed by atoms with Crippen molar-refractivity contribution in [2.75, 3.05) is 0 Å². The average Bonchev–Trinajstić information content (AvgIpc) is 2.72. The molecular formula is C13H14FNO. The van der Waals surface area contributed by atoms with Gasteiger partial charge in [-0.25, -0.2) is 9.18 Å². The van der Waals surface area contributed by atoms with Gasteiger partial charge in [0.25, 0.3) is 0 Å². The summed E-state index contributed by atoms with van der Waals surface area (Å²) in [6, 6.07) is 5.11. The number of halogens is 1. The second-order valence-corrected chi connectivity index (χ2v) is 4.41. The van der Waals surface area contributed by atoms with E-state index in [1.807, 2.05) is 6.07 Å². The van der Waals surface area contributed by atoms with E-state index >= 15 is 0 Å². The van der Waals surface area contributed by atoms with Crippen molar-refractivity contribution in [2.24, 2.45) is 4.99 Å². The molecule has 0 N–H and O–H groups in total. The Hall–Kier alpha value is -1.47. The summed E-state index contributed by atoms with van der Waals surface area (Å²) in [4.78, 5) is 14.4. The van der Waals surface area contributed by atoms with Crippen LogP contribution in [0, 0.1) is 12.7 Å². The molecule has 0 saturated heterocycles. The maximum absolute atomic E-state index is 13.5. The van der Waals surface area contributed by atoms with Crippen molar-refractivity contribution in [3.05, 3.63) is 35.1 Å². The zero-order valence-corrected chi connectivity index (χ0v) is 9.29. The molecule has 0 bridgehead atoms. The lowest BCUT2D eigenvalue weighted by Crippen LogP contribution is -2.19. The molecule has 0 aliphatic heterocycles. The highest BCUT2D eigenvalue weighted by Crippen LogP contribution is 2.42. The molecule has 16 heavy (non-hydrogen) atoms. The molecule has 84 valence electrons. The van der Waals surface area contributed by atoms with Crippen LogP contribution in [0.3, 0.4) is 0 Å². The molecule has 0 heterocycles. The second kappa shape index (κ2) is 4.18. The van der Waals surface area contributed by atoms with E-state index in [4.69, 9.17) is 0 Å². The molecular weight excluding hydrogens is 205 g/mol. The average molecular weight is 219 g/mol. The third kappa shape index (κ3) is 1.79. The van der Waals surface area contributed by atoms with Gasteiger partial charge in [0.1, 0.15) is 5.82 Å². The smallest absolute Gasteiger partial charge is 0.211 e. The lowest BCUT2D eigenvalue weighted by Gasteiger charge is -2.23. The largest absolute Gasteiger partial charge is 0.235 e. The van der Waals surface area contributed by atoms with E-state index in [1.165, 1.54) is 6.07 Å². The van der Waals surface area contributed by atoms with Crippen LogP contribution in [0.25, 0.3) is 0 Å². The third-order valence-electron chi connectivity index (χ3n) is 3.40. The number of hydrogen-bond acceptors (Lipinski definition) is 2. The predicted octanol–water partition coefficient (Wildman–Crippen LogP) is 3.24. The Morgan fingerprint density at radius 1 is 1.38 bits per heavy atom. The molecule has 0 radical (unpaired) electrons. The number of isocyanates is 1. The van der Waals surface area contributed by atoms with E-state index in [2.05, 4.69) is 4.99 Å². The topological polar surface area (TPSA) is 29.4 Å². The van der Waals surface area contributed by atoms with E-state index in [0.717, 1.165) is 31.2 Å². The molecule has 1 aromatic rings. The fourth-order valence-electron chi connectivity index (χ4n) is 2.39. The van der Waals surface area contributed by atoms with Gasteiger partial charge in [0.05, 0.1) is 5.54 Å². The molecule has 1 aliphatic rings. The summed E-state index contributed by atoms with van der Waals surface area (Å²) in [5.41, 5.74) is 0.902. The molecule has 2 nitrogen and oxygen atoms in total. The number of hydrogen-bond donors (Lipinski definition) is 0. The maximum Gasteiger partial charge on any atom is 0.235 e. The normalized spacial score (nSPS) is 18.1. The summed E-state index contributed by atoms with van der Waals surface area (Å²) in [5, 5.41) is 0. The summed E-state index contributed by atoms with van der Waals surface area (Å²) < 4.78 is 13.5. The van der Waals surface area contributed by atoms with Crippen molar-refractivity contribution in [2.45, 2.75) is 38.1 Å². The zero-order valence-electron chi connectivity index (χ0n) is 9.29. The van der Waals surface area contributed by atoms with Crippen LogP contribution >= 0.6 is 0 Å². The van der Waals surface area contributed by atoms with Gasteiger partial charge in [-0.3, -0.25) is 0 Å². The Labute approximate surface area is 94.2 Å². The van der Waals surface area contributed by atoms with E-state index in [-0.39, 0.29) is 5.82 Å². The summed E-state index contributed by atoms with van der Waals surface area (Å²) in [5.74, 6) is -0.232. The number of rotatable bonds is 2. The molecule has 2 rings (SSSR count). The summed E-state index contributed by atoms with van der Waals surface area (Å²) in [6.07, 6.45) is 5.31. The number of aryl methyl sites for hydroxylation is 1. The Kier molecular flexibility index (Phi) is 2.88. The van der Waals surface area contributed by atoms with Crippen LogP contribution in [0.1, 0.15) is 36.8 Å². The van der Waals surface area contributed by atoms with Gasteiger partial charge < -0.3 is 0 Å². The lowest BCUT2D eigenvalue weighted by atomic mass is 9.88. The molecule has 1 aromatic carbocycles. The van der Waals surface area contributed by atoms with Crippen molar-refractivity contribution in [1.29, 1.82) is 0 Å². The quantitative estimate of drug-likeness (QED) is 0.554. The molecule has 0 spiro atoms. The minimum atomic E-state index is -0.518. The standard InChI is InChI=1S/C13H14FNO/c1-10-4-5-11(8-12(10)14)13(15-9-16)6-2-3-7-13/h4-5,8H,2-3,6-7H2,1H3. The van der Waals surface area contributed by atoms with E-state index in [9.17, 15) is 9.18 Å². The predicted molar refractivity (Wildman–Crippen MR) is 59.4 cm³/mol. The van der Waals surface area contributed by atoms with Crippen LogP contribution in [0.5, 0.6) is 0 Å². The zero-order chi connectivity index (χ0) is 11.6. The highest BCUT2D eigenvalue weighted by atomic mass is 19.1. The SMILES string of the molecule is Cc1ccc(C2(N=C=O)CCCC2)cc1F. The van der Waals surface area contributed by atoms with Crippen LogP contribution in [0.4, 0.5) is 4.39 Å². The van der Waals surface area contributed by atoms with Gasteiger partial charge in [-0.2, -0.15) is 4.99 Å². The monoisotopic (exact) mass is 219 g/mol. The van der Waals surface area contributed by atoms with Gasteiger partial charge in [0.15, 0.2) is 0 Å². The van der Waals surface area contributed by atoms with Gasteiger partial charge in [-0.1, -0.05) is 25.0 Å². The fraction of sp³-hybridized carbons (Fsp3) is 0.462. The first-order valence-corrected chi connectivity index (χ1v) is 5.54. The highest BCUT2D eigenvalue weighted by molar-refractivity contribution is 5.39.